The van der Waals surface area contributed by atoms with Crippen LogP contribution in [0.15, 0.2) is 70.0 Å². The number of carbonyl (C=O) groups is 1. The zero-order valence-corrected chi connectivity index (χ0v) is 22.3. The Balaban J connectivity index is 1.57. The van der Waals surface area contributed by atoms with E-state index in [9.17, 15) is 9.59 Å². The number of fused-ring (bicyclic) bond motifs is 2. The van der Waals surface area contributed by atoms with Crippen LogP contribution in [0.2, 0.25) is 0 Å². The van der Waals surface area contributed by atoms with Gasteiger partial charge in [-0.25, -0.2) is 14.3 Å². The molecular formula is C30H30N4O4. The monoisotopic (exact) mass is 510 g/mol. The van der Waals surface area contributed by atoms with E-state index in [0.29, 0.717) is 39.3 Å². The number of nitrogens with zero attached hydrogens (tertiary/aromatic N) is 3. The summed E-state index contributed by atoms with van der Waals surface area (Å²) in [5.41, 5.74) is 4.56. The lowest BCUT2D eigenvalue weighted by molar-refractivity contribution is 0.00706. The van der Waals surface area contributed by atoms with Crippen LogP contribution >= 0.6 is 0 Å². The van der Waals surface area contributed by atoms with Gasteiger partial charge in [0.05, 0.1) is 28.9 Å². The molecular weight excluding hydrogens is 480 g/mol. The molecule has 0 saturated carbocycles. The van der Waals surface area contributed by atoms with Crippen molar-refractivity contribution < 1.29 is 13.9 Å². The van der Waals surface area contributed by atoms with E-state index in [2.05, 4.69) is 15.4 Å². The molecule has 0 aliphatic heterocycles. The molecule has 8 heteroatoms. The maximum atomic E-state index is 13.2. The molecule has 1 N–H and O–H groups in total. The molecule has 5 aromatic rings. The third-order valence-electron chi connectivity index (χ3n) is 6.08. The van der Waals surface area contributed by atoms with Gasteiger partial charge in [-0.3, -0.25) is 4.79 Å². The molecule has 3 aromatic heterocycles. The first-order chi connectivity index (χ1) is 18.0. The van der Waals surface area contributed by atoms with E-state index in [-0.39, 0.29) is 11.5 Å². The number of para-hydroxylation sites is 1. The topological polar surface area (TPSA) is 98.7 Å². The quantitative estimate of drug-likeness (QED) is 0.279. The number of imidazole rings is 1. The van der Waals surface area contributed by atoms with Crippen LogP contribution in [0, 0.1) is 13.8 Å². The first-order valence-electron chi connectivity index (χ1n) is 12.5. The number of aryl methyl sites for hydroxylation is 2. The van der Waals surface area contributed by atoms with E-state index in [1.54, 1.807) is 22.7 Å². The smallest absolute Gasteiger partial charge is 0.340 e. The Labute approximate surface area is 220 Å². The third-order valence-corrected chi connectivity index (χ3v) is 6.08. The highest BCUT2D eigenvalue weighted by Crippen LogP contribution is 2.31. The van der Waals surface area contributed by atoms with E-state index >= 15 is 0 Å². The second-order valence-corrected chi connectivity index (χ2v) is 10.5. The number of nitrogens with one attached hydrogen (secondary N) is 1. The van der Waals surface area contributed by atoms with Crippen molar-refractivity contribution in [2.75, 3.05) is 5.32 Å². The van der Waals surface area contributed by atoms with Crippen molar-refractivity contribution in [3.8, 4) is 11.5 Å². The van der Waals surface area contributed by atoms with E-state index in [1.807, 2.05) is 78.1 Å². The second-order valence-electron chi connectivity index (χ2n) is 10.5. The predicted molar refractivity (Wildman–Crippen MR) is 148 cm³/mol. The SMILES string of the molecule is Cc1cc(C(C)Nc2ccccc2C(=O)OC(C)(C)C)c2oc(-c3ccc4nc(C)cn4n3)cc(=O)c2c1. The lowest BCUT2D eigenvalue weighted by Crippen LogP contribution is -2.24. The molecule has 0 bridgehead atoms. The van der Waals surface area contributed by atoms with Gasteiger partial charge in [0, 0.05) is 17.3 Å². The summed E-state index contributed by atoms with van der Waals surface area (Å²) in [6.07, 6.45) is 1.82. The number of rotatable bonds is 5. The summed E-state index contributed by atoms with van der Waals surface area (Å²) in [4.78, 5) is 30.5. The number of anilines is 1. The number of benzene rings is 2. The Bertz CT molecular complexity index is 1740. The number of ether oxygens (including phenoxy) is 1. The maximum Gasteiger partial charge on any atom is 0.340 e. The predicted octanol–water partition coefficient (Wildman–Crippen LogP) is 6.25. The molecule has 0 fully saturated rings. The van der Waals surface area contributed by atoms with E-state index in [0.717, 1.165) is 16.8 Å². The van der Waals surface area contributed by atoms with Crippen molar-refractivity contribution in [2.45, 2.75) is 53.2 Å². The van der Waals surface area contributed by atoms with Gasteiger partial charge < -0.3 is 14.5 Å². The summed E-state index contributed by atoms with van der Waals surface area (Å²) in [6, 6.07) is 15.8. The Hall–Kier alpha value is -4.46. The minimum Gasteiger partial charge on any atom is -0.456 e. The zero-order chi connectivity index (χ0) is 27.2. The fourth-order valence-corrected chi connectivity index (χ4v) is 4.45. The lowest BCUT2D eigenvalue weighted by atomic mass is 10.0. The number of carbonyl (C=O) groups excluding carboxylic acids is 1. The fourth-order valence-electron chi connectivity index (χ4n) is 4.45. The van der Waals surface area contributed by atoms with Crippen LogP contribution in [0.4, 0.5) is 5.69 Å². The van der Waals surface area contributed by atoms with Crippen LogP contribution < -0.4 is 10.7 Å². The second kappa shape index (κ2) is 9.45. The van der Waals surface area contributed by atoms with E-state index in [1.165, 1.54) is 6.07 Å². The Morgan fingerprint density at radius 1 is 1.08 bits per heavy atom. The van der Waals surface area contributed by atoms with Crippen molar-refractivity contribution in [1.29, 1.82) is 0 Å². The van der Waals surface area contributed by atoms with Gasteiger partial charge in [-0.05, 0) is 77.4 Å². The molecule has 0 saturated heterocycles. The minimum atomic E-state index is -0.616. The Morgan fingerprint density at radius 3 is 2.61 bits per heavy atom. The van der Waals surface area contributed by atoms with Crippen LogP contribution in [-0.2, 0) is 4.74 Å². The molecule has 1 unspecified atom stereocenters. The van der Waals surface area contributed by atoms with Crippen LogP contribution in [-0.4, -0.2) is 26.2 Å². The summed E-state index contributed by atoms with van der Waals surface area (Å²) in [5, 5.41) is 8.50. The molecule has 8 nitrogen and oxygen atoms in total. The standard InChI is InChI=1S/C30H30N4O4/c1-17-13-21(19(3)32-23-10-8-7-9-20(23)29(36)38-30(4,5)6)28-22(14-17)25(35)15-26(37-28)24-11-12-27-31-18(2)16-34(27)33-24/h7-16,19,32H,1-6H3. The van der Waals surface area contributed by atoms with Crippen LogP contribution in [0.5, 0.6) is 0 Å². The summed E-state index contributed by atoms with van der Waals surface area (Å²) >= 11 is 0. The van der Waals surface area contributed by atoms with E-state index < -0.39 is 11.6 Å². The van der Waals surface area contributed by atoms with Gasteiger partial charge in [-0.1, -0.05) is 18.2 Å². The lowest BCUT2D eigenvalue weighted by Gasteiger charge is -2.22. The molecule has 2 aromatic carbocycles. The normalized spacial score (nSPS) is 12.6. The van der Waals surface area contributed by atoms with Crippen molar-refractivity contribution in [1.82, 2.24) is 14.6 Å². The Kier molecular flexibility index (Phi) is 6.26. The van der Waals surface area contributed by atoms with Gasteiger partial charge >= 0.3 is 5.97 Å². The summed E-state index contributed by atoms with van der Waals surface area (Å²) in [7, 11) is 0. The highest BCUT2D eigenvalue weighted by molar-refractivity contribution is 5.96. The highest BCUT2D eigenvalue weighted by Gasteiger charge is 2.22. The molecule has 0 radical (unpaired) electrons. The molecule has 194 valence electrons. The zero-order valence-electron chi connectivity index (χ0n) is 22.3. The Morgan fingerprint density at radius 2 is 1.84 bits per heavy atom. The largest absolute Gasteiger partial charge is 0.456 e. The average molecular weight is 511 g/mol. The summed E-state index contributed by atoms with van der Waals surface area (Å²) in [5.74, 6) is -0.0471. The fraction of sp³-hybridized carbons (Fsp3) is 0.267. The first-order valence-corrected chi connectivity index (χ1v) is 12.5. The molecule has 0 aliphatic rings. The molecule has 3 heterocycles. The molecule has 0 amide bonds. The van der Waals surface area contributed by atoms with Gasteiger partial charge in [-0.15, -0.1) is 0 Å². The molecule has 1 atom stereocenters. The van der Waals surface area contributed by atoms with Crippen LogP contribution in [0.3, 0.4) is 0 Å². The maximum absolute atomic E-state index is 13.2. The number of aromatic nitrogens is 3. The number of esters is 1. The molecule has 0 aliphatic carbocycles. The summed E-state index contributed by atoms with van der Waals surface area (Å²) < 4.78 is 13.6. The van der Waals surface area contributed by atoms with Gasteiger partial charge in [0.1, 0.15) is 16.9 Å². The van der Waals surface area contributed by atoms with Crippen molar-refractivity contribution in [3.63, 3.8) is 0 Å². The van der Waals surface area contributed by atoms with Gasteiger partial charge in [0.25, 0.3) is 0 Å². The van der Waals surface area contributed by atoms with Crippen molar-refractivity contribution in [2.24, 2.45) is 0 Å². The van der Waals surface area contributed by atoms with Crippen molar-refractivity contribution >= 4 is 28.3 Å². The third kappa shape index (κ3) is 5.02. The first kappa shape index (κ1) is 25.2. The molecule has 0 spiro atoms. The number of hydrogen-bond donors (Lipinski definition) is 1. The van der Waals surface area contributed by atoms with Crippen LogP contribution in [0.1, 0.15) is 60.9 Å². The van der Waals surface area contributed by atoms with Crippen LogP contribution in [0.25, 0.3) is 28.1 Å². The molecule has 5 rings (SSSR count). The summed E-state index contributed by atoms with van der Waals surface area (Å²) in [6.45, 7) is 11.3. The highest BCUT2D eigenvalue weighted by atomic mass is 16.6. The minimum absolute atomic E-state index is 0.156. The van der Waals surface area contributed by atoms with Crippen molar-refractivity contribution in [3.05, 3.63) is 93.4 Å². The van der Waals surface area contributed by atoms with Gasteiger partial charge in [0.2, 0.25) is 0 Å². The number of hydrogen-bond acceptors (Lipinski definition) is 7. The van der Waals surface area contributed by atoms with E-state index in [4.69, 9.17) is 9.15 Å². The van der Waals surface area contributed by atoms with Gasteiger partial charge in [-0.2, -0.15) is 5.10 Å². The molecule has 38 heavy (non-hydrogen) atoms. The average Bonchev–Trinajstić information content (AvgIpc) is 3.22. The van der Waals surface area contributed by atoms with Gasteiger partial charge in [0.15, 0.2) is 16.8 Å².